The van der Waals surface area contributed by atoms with Gasteiger partial charge in [-0.15, -0.1) is 0 Å². The van der Waals surface area contributed by atoms with Gasteiger partial charge >= 0.3 is 0 Å². The molecule has 0 unspecified atom stereocenters. The third-order valence-corrected chi connectivity index (χ3v) is 4.02. The van der Waals surface area contributed by atoms with Crippen molar-refractivity contribution in [2.75, 3.05) is 5.32 Å². The van der Waals surface area contributed by atoms with Gasteiger partial charge < -0.3 is 5.32 Å². The van der Waals surface area contributed by atoms with Gasteiger partial charge in [-0.1, -0.05) is 28.1 Å². The lowest BCUT2D eigenvalue weighted by atomic mass is 10.1. The Bertz CT molecular complexity index is 767. The summed E-state index contributed by atoms with van der Waals surface area (Å²) in [4.78, 5) is 11.9. The summed E-state index contributed by atoms with van der Waals surface area (Å²) in [6, 6.07) is 9.98. The Morgan fingerprint density at radius 3 is 2.61 bits per heavy atom. The average molecular weight is 396 g/mol. The molecule has 2 aromatic carbocycles. The van der Waals surface area contributed by atoms with Crippen LogP contribution in [0.4, 0.5) is 10.1 Å². The number of aryl methyl sites for hydroxylation is 1. The van der Waals surface area contributed by atoms with E-state index >= 15 is 0 Å². The molecule has 3 N–H and O–H groups in total. The van der Waals surface area contributed by atoms with E-state index in [1.165, 1.54) is 12.1 Å². The van der Waals surface area contributed by atoms with Crippen LogP contribution < -0.4 is 16.2 Å². The highest BCUT2D eigenvalue weighted by Gasteiger charge is 2.12. The molecule has 1 amide bonds. The van der Waals surface area contributed by atoms with Crippen molar-refractivity contribution < 1.29 is 9.18 Å². The second kappa shape index (κ2) is 7.52. The summed E-state index contributed by atoms with van der Waals surface area (Å²) in [6.45, 7) is 3.96. The highest BCUT2D eigenvalue weighted by Crippen LogP contribution is 2.18. The van der Waals surface area contributed by atoms with Crippen LogP contribution in [0.3, 0.4) is 0 Å². The predicted molar refractivity (Wildman–Crippen MR) is 96.8 cm³/mol. The first-order valence-electron chi connectivity index (χ1n) is 6.77. The second-order valence-electron chi connectivity index (χ2n) is 4.90. The normalized spacial score (nSPS) is 10.1. The third kappa shape index (κ3) is 4.49. The number of hydrazine groups is 1. The molecule has 7 heteroatoms. The summed E-state index contributed by atoms with van der Waals surface area (Å²) in [5, 5.41) is 3.20. The number of hydrogen-bond acceptors (Lipinski definition) is 2. The van der Waals surface area contributed by atoms with E-state index in [1.807, 2.05) is 32.0 Å². The van der Waals surface area contributed by atoms with Crippen LogP contribution in [0.25, 0.3) is 0 Å². The van der Waals surface area contributed by atoms with E-state index in [4.69, 9.17) is 12.2 Å². The van der Waals surface area contributed by atoms with Crippen LogP contribution >= 0.6 is 28.1 Å². The lowest BCUT2D eigenvalue weighted by Gasteiger charge is -2.14. The molecule has 0 aliphatic heterocycles. The van der Waals surface area contributed by atoms with Crippen LogP contribution in [0.5, 0.6) is 0 Å². The first-order valence-corrected chi connectivity index (χ1v) is 7.97. The highest BCUT2D eigenvalue weighted by molar-refractivity contribution is 9.10. The number of hydrogen-bond donors (Lipinski definition) is 3. The van der Waals surface area contributed by atoms with Crippen molar-refractivity contribution in [1.82, 2.24) is 10.9 Å². The lowest BCUT2D eigenvalue weighted by Crippen LogP contribution is -2.44. The minimum atomic E-state index is -0.618. The molecule has 0 fully saturated rings. The minimum absolute atomic E-state index is 0.0739. The Kier molecular flexibility index (Phi) is 5.68. The number of benzene rings is 2. The molecule has 0 bridgehead atoms. The van der Waals surface area contributed by atoms with E-state index in [0.717, 1.165) is 16.8 Å². The Labute approximate surface area is 147 Å². The van der Waals surface area contributed by atoms with Crippen LogP contribution in [-0.2, 0) is 0 Å². The summed E-state index contributed by atoms with van der Waals surface area (Å²) in [5.41, 5.74) is 7.87. The number of nitrogens with one attached hydrogen (secondary N) is 3. The number of anilines is 1. The molecular formula is C16H15BrFN3OS. The largest absolute Gasteiger partial charge is 0.331 e. The van der Waals surface area contributed by atoms with Gasteiger partial charge in [0.15, 0.2) is 5.11 Å². The van der Waals surface area contributed by atoms with Gasteiger partial charge in [0.25, 0.3) is 5.91 Å². The Morgan fingerprint density at radius 2 is 1.91 bits per heavy atom. The first-order chi connectivity index (χ1) is 10.9. The quantitative estimate of drug-likeness (QED) is 0.534. The SMILES string of the molecule is Cc1cccc(NC(=S)NNC(=O)c2ccc(Br)cc2F)c1C. The number of rotatable bonds is 2. The Hall–Kier alpha value is -1.99. The van der Waals surface area contributed by atoms with Crippen molar-refractivity contribution in [1.29, 1.82) is 0 Å². The van der Waals surface area contributed by atoms with Gasteiger partial charge in [-0.25, -0.2) is 4.39 Å². The van der Waals surface area contributed by atoms with Crippen molar-refractivity contribution in [2.45, 2.75) is 13.8 Å². The summed E-state index contributed by atoms with van der Waals surface area (Å²) in [5.74, 6) is -1.23. The van der Waals surface area contributed by atoms with Crippen molar-refractivity contribution in [3.05, 3.63) is 63.4 Å². The molecule has 2 aromatic rings. The molecule has 0 aromatic heterocycles. The molecule has 0 atom stereocenters. The number of thiocarbonyl (C=S) groups is 1. The standard InChI is InChI=1S/C16H15BrFN3OS/c1-9-4-3-5-14(10(9)2)19-16(23)21-20-15(22)12-7-6-11(17)8-13(12)18/h3-8H,1-2H3,(H,20,22)(H2,19,21,23). The molecule has 4 nitrogen and oxygen atoms in total. The molecule has 23 heavy (non-hydrogen) atoms. The van der Waals surface area contributed by atoms with Crippen LogP contribution in [0.2, 0.25) is 0 Å². The van der Waals surface area contributed by atoms with Crippen molar-refractivity contribution in [2.24, 2.45) is 0 Å². The molecule has 2 rings (SSSR count). The van der Waals surface area contributed by atoms with Gasteiger partial charge in [-0.3, -0.25) is 15.6 Å². The van der Waals surface area contributed by atoms with Gasteiger partial charge in [-0.05, 0) is 61.5 Å². The van der Waals surface area contributed by atoms with E-state index in [0.29, 0.717) is 4.47 Å². The fourth-order valence-corrected chi connectivity index (χ4v) is 2.39. The van der Waals surface area contributed by atoms with E-state index < -0.39 is 11.7 Å². The van der Waals surface area contributed by atoms with Crippen LogP contribution in [-0.4, -0.2) is 11.0 Å². The van der Waals surface area contributed by atoms with Crippen molar-refractivity contribution in [3.8, 4) is 0 Å². The topological polar surface area (TPSA) is 53.2 Å². The summed E-state index contributed by atoms with van der Waals surface area (Å²) in [6.07, 6.45) is 0. The maximum Gasteiger partial charge on any atom is 0.272 e. The van der Waals surface area contributed by atoms with Gasteiger partial charge in [0.05, 0.1) is 5.56 Å². The Balaban J connectivity index is 1.96. The van der Waals surface area contributed by atoms with Crippen LogP contribution in [0, 0.1) is 19.7 Å². The lowest BCUT2D eigenvalue weighted by molar-refractivity contribution is 0.0940. The summed E-state index contributed by atoms with van der Waals surface area (Å²) >= 11 is 8.26. The summed E-state index contributed by atoms with van der Waals surface area (Å²) < 4.78 is 14.3. The fraction of sp³-hybridized carbons (Fsp3) is 0.125. The van der Waals surface area contributed by atoms with Gasteiger partial charge in [0.2, 0.25) is 0 Å². The number of carbonyl (C=O) groups is 1. The fourth-order valence-electron chi connectivity index (χ4n) is 1.89. The van der Waals surface area contributed by atoms with Gasteiger partial charge in [0, 0.05) is 10.2 Å². The molecule has 0 radical (unpaired) electrons. The van der Waals surface area contributed by atoms with E-state index in [1.54, 1.807) is 6.07 Å². The monoisotopic (exact) mass is 395 g/mol. The van der Waals surface area contributed by atoms with E-state index in [-0.39, 0.29) is 10.7 Å². The molecule has 0 aliphatic carbocycles. The number of halogens is 2. The molecular weight excluding hydrogens is 381 g/mol. The summed E-state index contributed by atoms with van der Waals surface area (Å²) in [7, 11) is 0. The number of amides is 1. The van der Waals surface area contributed by atoms with Crippen molar-refractivity contribution >= 4 is 44.9 Å². The van der Waals surface area contributed by atoms with Crippen LogP contribution in [0.15, 0.2) is 40.9 Å². The maximum atomic E-state index is 13.7. The molecule has 0 saturated carbocycles. The smallest absolute Gasteiger partial charge is 0.272 e. The minimum Gasteiger partial charge on any atom is -0.331 e. The van der Waals surface area contributed by atoms with E-state index in [9.17, 15) is 9.18 Å². The second-order valence-corrected chi connectivity index (χ2v) is 6.23. The van der Waals surface area contributed by atoms with E-state index in [2.05, 4.69) is 32.1 Å². The molecule has 0 aliphatic rings. The molecule has 0 heterocycles. The predicted octanol–water partition coefficient (Wildman–Crippen LogP) is 3.84. The molecule has 0 saturated heterocycles. The average Bonchev–Trinajstić information content (AvgIpc) is 2.49. The van der Waals surface area contributed by atoms with Gasteiger partial charge in [-0.2, -0.15) is 0 Å². The zero-order chi connectivity index (χ0) is 17.0. The third-order valence-electron chi connectivity index (χ3n) is 3.32. The van der Waals surface area contributed by atoms with Crippen molar-refractivity contribution in [3.63, 3.8) is 0 Å². The zero-order valence-corrected chi connectivity index (χ0v) is 14.9. The maximum absolute atomic E-state index is 13.7. The number of carbonyl (C=O) groups excluding carboxylic acids is 1. The van der Waals surface area contributed by atoms with Gasteiger partial charge in [0.1, 0.15) is 5.82 Å². The zero-order valence-electron chi connectivity index (χ0n) is 12.5. The highest BCUT2D eigenvalue weighted by atomic mass is 79.9. The molecule has 0 spiro atoms. The van der Waals surface area contributed by atoms with Crippen LogP contribution in [0.1, 0.15) is 21.5 Å². The Morgan fingerprint density at radius 1 is 1.17 bits per heavy atom. The molecule has 120 valence electrons. The first kappa shape index (κ1) is 17.4.